The third-order valence-corrected chi connectivity index (χ3v) is 3.34. The van der Waals surface area contributed by atoms with Crippen LogP contribution in [0.15, 0.2) is 23.6 Å². The Labute approximate surface area is 94.9 Å². The summed E-state index contributed by atoms with van der Waals surface area (Å²) in [5, 5.41) is 4.98. The molecule has 2 aromatic rings. The van der Waals surface area contributed by atoms with Crippen molar-refractivity contribution >= 4 is 21.4 Å². The average molecular weight is 245 g/mol. The van der Waals surface area contributed by atoms with Crippen LogP contribution in [0.4, 0.5) is 13.2 Å². The number of nitrogens with one attached hydrogen (secondary N) is 1. The Hall–Kier alpha value is -1.07. The Morgan fingerprint density at radius 3 is 2.69 bits per heavy atom. The highest BCUT2D eigenvalue weighted by molar-refractivity contribution is 7.17. The molecule has 86 valence electrons. The molecule has 0 aliphatic carbocycles. The number of halogens is 3. The molecule has 0 spiro atoms. The fraction of sp³-hybridized carbons (Fsp3) is 0.273. The minimum absolute atomic E-state index is 0.328. The van der Waals surface area contributed by atoms with Crippen LogP contribution in [-0.2, 0) is 12.7 Å². The fourth-order valence-electron chi connectivity index (χ4n) is 1.71. The summed E-state index contributed by atoms with van der Waals surface area (Å²) >= 11 is 1.34. The minimum atomic E-state index is -4.29. The van der Waals surface area contributed by atoms with Gasteiger partial charge in [0.15, 0.2) is 0 Å². The van der Waals surface area contributed by atoms with Crippen LogP contribution in [0.1, 0.15) is 11.1 Å². The molecule has 5 heteroatoms. The average Bonchev–Trinajstić information content (AvgIpc) is 2.61. The van der Waals surface area contributed by atoms with Gasteiger partial charge in [0.05, 0.1) is 5.56 Å². The topological polar surface area (TPSA) is 12.0 Å². The lowest BCUT2D eigenvalue weighted by Crippen LogP contribution is -2.08. The van der Waals surface area contributed by atoms with Gasteiger partial charge in [-0.2, -0.15) is 13.2 Å². The standard InChI is InChI=1S/C11H10F3NS/c1-15-5-7-6-16-9-4-2-3-8(10(7)9)11(12,13)14/h2-4,6,15H,5H2,1H3. The largest absolute Gasteiger partial charge is 0.417 e. The summed E-state index contributed by atoms with van der Waals surface area (Å²) < 4.78 is 39.1. The van der Waals surface area contributed by atoms with Crippen LogP contribution in [0.3, 0.4) is 0 Å². The molecule has 0 aliphatic rings. The first-order valence-electron chi connectivity index (χ1n) is 4.75. The van der Waals surface area contributed by atoms with Gasteiger partial charge in [0.1, 0.15) is 0 Å². The zero-order valence-corrected chi connectivity index (χ0v) is 9.38. The highest BCUT2D eigenvalue weighted by atomic mass is 32.1. The summed E-state index contributed by atoms with van der Waals surface area (Å²) in [6.07, 6.45) is -4.29. The monoisotopic (exact) mass is 245 g/mol. The van der Waals surface area contributed by atoms with Crippen LogP contribution in [0, 0.1) is 0 Å². The van der Waals surface area contributed by atoms with Gasteiger partial charge in [-0.15, -0.1) is 11.3 Å². The number of hydrogen-bond donors (Lipinski definition) is 1. The van der Waals surface area contributed by atoms with E-state index in [0.29, 0.717) is 22.2 Å². The van der Waals surface area contributed by atoms with E-state index < -0.39 is 11.7 Å². The maximum absolute atomic E-state index is 12.8. The Balaban J connectivity index is 2.68. The molecule has 1 heterocycles. The summed E-state index contributed by atoms with van der Waals surface area (Å²) in [4.78, 5) is 0. The van der Waals surface area contributed by atoms with Gasteiger partial charge in [-0.1, -0.05) is 6.07 Å². The summed E-state index contributed by atoms with van der Waals surface area (Å²) in [5.74, 6) is 0. The number of alkyl halides is 3. The van der Waals surface area contributed by atoms with Crippen LogP contribution in [0.5, 0.6) is 0 Å². The maximum Gasteiger partial charge on any atom is 0.417 e. The van der Waals surface area contributed by atoms with Gasteiger partial charge in [-0.25, -0.2) is 0 Å². The SMILES string of the molecule is CNCc1csc2cccc(C(F)(F)F)c12. The molecule has 0 saturated carbocycles. The van der Waals surface area contributed by atoms with E-state index >= 15 is 0 Å². The zero-order valence-electron chi connectivity index (χ0n) is 8.56. The van der Waals surface area contributed by atoms with Crippen molar-refractivity contribution in [2.24, 2.45) is 0 Å². The third-order valence-electron chi connectivity index (χ3n) is 2.35. The molecule has 1 nitrogen and oxygen atoms in total. The van der Waals surface area contributed by atoms with E-state index in [1.54, 1.807) is 18.5 Å². The molecule has 16 heavy (non-hydrogen) atoms. The molecule has 0 amide bonds. The molecule has 2 rings (SSSR count). The molecule has 1 aromatic heterocycles. The molecular weight excluding hydrogens is 235 g/mol. The first kappa shape index (κ1) is 11.4. The van der Waals surface area contributed by atoms with Gasteiger partial charge in [-0.3, -0.25) is 0 Å². The van der Waals surface area contributed by atoms with Crippen LogP contribution in [0.25, 0.3) is 10.1 Å². The molecule has 0 fully saturated rings. The summed E-state index contributed by atoms with van der Waals surface area (Å²) in [5.41, 5.74) is 0.159. The lowest BCUT2D eigenvalue weighted by atomic mass is 10.1. The molecule has 1 N–H and O–H groups in total. The second-order valence-corrected chi connectivity index (χ2v) is 4.38. The van der Waals surface area contributed by atoms with Crippen LogP contribution in [-0.4, -0.2) is 7.05 Å². The normalized spacial score (nSPS) is 12.2. The molecule has 0 bridgehead atoms. The summed E-state index contributed by atoms with van der Waals surface area (Å²) in [7, 11) is 1.72. The number of rotatable bonds is 2. The fourth-order valence-corrected chi connectivity index (χ4v) is 2.70. The zero-order chi connectivity index (χ0) is 11.8. The van der Waals surface area contributed by atoms with E-state index in [0.717, 1.165) is 6.07 Å². The van der Waals surface area contributed by atoms with Crippen molar-refractivity contribution < 1.29 is 13.2 Å². The number of thiophene rings is 1. The molecule has 0 unspecified atom stereocenters. The van der Waals surface area contributed by atoms with Gasteiger partial charge in [0.25, 0.3) is 0 Å². The van der Waals surface area contributed by atoms with Crippen molar-refractivity contribution in [3.8, 4) is 0 Å². The highest BCUT2D eigenvalue weighted by Gasteiger charge is 2.33. The van der Waals surface area contributed by atoms with Crippen molar-refractivity contribution in [3.63, 3.8) is 0 Å². The van der Waals surface area contributed by atoms with E-state index in [1.165, 1.54) is 17.4 Å². The first-order valence-corrected chi connectivity index (χ1v) is 5.63. The van der Waals surface area contributed by atoms with Gasteiger partial charge >= 0.3 is 6.18 Å². The summed E-state index contributed by atoms with van der Waals surface area (Å²) in [6.45, 7) is 0.451. The predicted octanol–water partition coefficient (Wildman–Crippen LogP) is 3.64. The van der Waals surface area contributed by atoms with Crippen molar-refractivity contribution in [1.82, 2.24) is 5.32 Å². The molecular formula is C11H10F3NS. The number of benzene rings is 1. The van der Waals surface area contributed by atoms with E-state index in [1.807, 2.05) is 0 Å². The Bertz CT molecular complexity index is 501. The van der Waals surface area contributed by atoms with Crippen molar-refractivity contribution in [2.45, 2.75) is 12.7 Å². The molecule has 1 aromatic carbocycles. The van der Waals surface area contributed by atoms with Crippen molar-refractivity contribution in [1.29, 1.82) is 0 Å². The molecule has 0 aliphatic heterocycles. The Morgan fingerprint density at radius 1 is 1.31 bits per heavy atom. The van der Waals surface area contributed by atoms with Crippen LogP contribution in [0.2, 0.25) is 0 Å². The van der Waals surface area contributed by atoms with Crippen LogP contribution >= 0.6 is 11.3 Å². The van der Waals surface area contributed by atoms with Gasteiger partial charge in [0, 0.05) is 16.6 Å². The molecule has 0 atom stereocenters. The maximum atomic E-state index is 12.8. The second-order valence-electron chi connectivity index (χ2n) is 3.47. The van der Waals surface area contributed by atoms with Gasteiger partial charge < -0.3 is 5.32 Å². The summed E-state index contributed by atoms with van der Waals surface area (Å²) in [6, 6.07) is 4.30. The first-order chi connectivity index (χ1) is 7.54. The molecule has 0 saturated heterocycles. The van der Waals surface area contributed by atoms with Crippen molar-refractivity contribution in [3.05, 3.63) is 34.7 Å². The predicted molar refractivity (Wildman–Crippen MR) is 59.6 cm³/mol. The quantitative estimate of drug-likeness (QED) is 0.851. The smallest absolute Gasteiger partial charge is 0.316 e. The second kappa shape index (κ2) is 4.07. The van der Waals surface area contributed by atoms with Crippen LogP contribution < -0.4 is 5.32 Å². The van der Waals surface area contributed by atoms with Crippen molar-refractivity contribution in [2.75, 3.05) is 7.05 Å². The third kappa shape index (κ3) is 1.92. The Kier molecular flexibility index (Phi) is 2.90. The molecule has 0 radical (unpaired) electrons. The van der Waals surface area contributed by atoms with E-state index in [2.05, 4.69) is 5.32 Å². The lowest BCUT2D eigenvalue weighted by molar-refractivity contribution is -0.136. The van der Waals surface area contributed by atoms with E-state index in [9.17, 15) is 13.2 Å². The van der Waals surface area contributed by atoms with E-state index in [4.69, 9.17) is 0 Å². The van der Waals surface area contributed by atoms with Gasteiger partial charge in [0.2, 0.25) is 0 Å². The van der Waals surface area contributed by atoms with E-state index in [-0.39, 0.29) is 0 Å². The Morgan fingerprint density at radius 2 is 2.06 bits per heavy atom. The lowest BCUT2D eigenvalue weighted by Gasteiger charge is -2.09. The minimum Gasteiger partial charge on any atom is -0.316 e. The number of hydrogen-bond acceptors (Lipinski definition) is 2. The highest BCUT2D eigenvalue weighted by Crippen LogP contribution is 2.38. The van der Waals surface area contributed by atoms with Gasteiger partial charge in [-0.05, 0) is 30.1 Å². The number of fused-ring (bicyclic) bond motifs is 1.